The van der Waals surface area contributed by atoms with Crippen LogP contribution >= 0.6 is 0 Å². The third-order valence-corrected chi connectivity index (χ3v) is 3.71. The standard InChI is InChI=1S/C17H14N6O3/c24-15-12-9-19-23-14(12)21-17(22-15)18-8-10-3-1-4-11(7-10)20-16(25)13-5-2-6-26-13/h1-7,9H,8H2,(H,20,25)(H3,18,19,21,22,23,24). The van der Waals surface area contributed by atoms with Gasteiger partial charge in [-0.3, -0.25) is 19.7 Å². The third kappa shape index (κ3) is 3.18. The number of rotatable bonds is 5. The van der Waals surface area contributed by atoms with Gasteiger partial charge in [-0.1, -0.05) is 12.1 Å². The monoisotopic (exact) mass is 350 g/mol. The molecule has 0 fully saturated rings. The summed E-state index contributed by atoms with van der Waals surface area (Å²) in [5.74, 6) is 0.246. The highest BCUT2D eigenvalue weighted by molar-refractivity contribution is 6.02. The molecule has 0 bridgehead atoms. The van der Waals surface area contributed by atoms with E-state index in [9.17, 15) is 9.59 Å². The Morgan fingerprint density at radius 2 is 2.15 bits per heavy atom. The van der Waals surface area contributed by atoms with Gasteiger partial charge in [0.15, 0.2) is 11.4 Å². The fraction of sp³-hybridized carbons (Fsp3) is 0.0588. The highest BCUT2D eigenvalue weighted by Gasteiger charge is 2.09. The van der Waals surface area contributed by atoms with Crippen LogP contribution in [0.25, 0.3) is 11.0 Å². The van der Waals surface area contributed by atoms with Gasteiger partial charge >= 0.3 is 0 Å². The molecule has 26 heavy (non-hydrogen) atoms. The minimum absolute atomic E-state index is 0.239. The van der Waals surface area contributed by atoms with Gasteiger partial charge in [-0.05, 0) is 29.8 Å². The molecule has 4 rings (SSSR count). The topological polar surface area (TPSA) is 129 Å². The van der Waals surface area contributed by atoms with Crippen LogP contribution in [0, 0.1) is 0 Å². The predicted molar refractivity (Wildman–Crippen MR) is 94.9 cm³/mol. The molecule has 0 saturated carbocycles. The number of benzene rings is 1. The average molecular weight is 350 g/mol. The van der Waals surface area contributed by atoms with Gasteiger partial charge in [-0.15, -0.1) is 0 Å². The van der Waals surface area contributed by atoms with Gasteiger partial charge < -0.3 is 15.1 Å². The molecule has 0 atom stereocenters. The Labute approximate surface area is 146 Å². The fourth-order valence-corrected chi connectivity index (χ4v) is 2.47. The van der Waals surface area contributed by atoms with Crippen LogP contribution in [0.1, 0.15) is 16.1 Å². The number of hydrogen-bond acceptors (Lipinski definition) is 6. The van der Waals surface area contributed by atoms with Gasteiger partial charge in [0, 0.05) is 12.2 Å². The highest BCUT2D eigenvalue weighted by atomic mass is 16.3. The highest BCUT2D eigenvalue weighted by Crippen LogP contribution is 2.14. The summed E-state index contributed by atoms with van der Waals surface area (Å²) in [6.07, 6.45) is 2.87. The van der Waals surface area contributed by atoms with Crippen molar-refractivity contribution in [2.75, 3.05) is 10.6 Å². The Balaban J connectivity index is 1.46. The van der Waals surface area contributed by atoms with Crippen molar-refractivity contribution in [1.29, 1.82) is 0 Å². The molecule has 3 aromatic heterocycles. The molecular weight excluding hydrogens is 336 g/mol. The molecule has 0 aliphatic heterocycles. The zero-order chi connectivity index (χ0) is 17.9. The predicted octanol–water partition coefficient (Wildman–Crippen LogP) is 2.10. The molecular formula is C17H14N6O3. The molecule has 0 unspecified atom stereocenters. The van der Waals surface area contributed by atoms with Crippen LogP contribution in [0.15, 0.2) is 58.1 Å². The first-order valence-electron chi connectivity index (χ1n) is 7.80. The lowest BCUT2D eigenvalue weighted by molar-refractivity contribution is 0.0996. The largest absolute Gasteiger partial charge is 0.459 e. The zero-order valence-corrected chi connectivity index (χ0v) is 13.4. The van der Waals surface area contributed by atoms with Crippen LogP contribution in [0.5, 0.6) is 0 Å². The summed E-state index contributed by atoms with van der Waals surface area (Å²) in [4.78, 5) is 30.8. The molecule has 4 aromatic rings. The summed E-state index contributed by atoms with van der Waals surface area (Å²) >= 11 is 0. The first kappa shape index (κ1) is 15.6. The number of nitrogens with one attached hydrogen (secondary N) is 4. The number of furan rings is 1. The molecule has 1 aromatic carbocycles. The van der Waals surface area contributed by atoms with Gasteiger partial charge in [-0.25, -0.2) is 0 Å². The normalized spacial score (nSPS) is 10.8. The van der Waals surface area contributed by atoms with Gasteiger partial charge in [-0.2, -0.15) is 10.1 Å². The van der Waals surface area contributed by atoms with Crippen molar-refractivity contribution in [3.8, 4) is 0 Å². The first-order valence-corrected chi connectivity index (χ1v) is 7.80. The van der Waals surface area contributed by atoms with E-state index in [1.54, 1.807) is 18.2 Å². The Morgan fingerprint density at radius 3 is 3.00 bits per heavy atom. The maximum atomic E-state index is 12.0. The number of aromatic nitrogens is 4. The molecule has 0 radical (unpaired) electrons. The quantitative estimate of drug-likeness (QED) is 0.436. The lowest BCUT2D eigenvalue weighted by Gasteiger charge is -2.08. The van der Waals surface area contributed by atoms with Crippen molar-refractivity contribution in [2.24, 2.45) is 0 Å². The van der Waals surface area contributed by atoms with E-state index in [-0.39, 0.29) is 17.2 Å². The van der Waals surface area contributed by atoms with Gasteiger partial charge in [0.25, 0.3) is 11.5 Å². The van der Waals surface area contributed by atoms with E-state index < -0.39 is 0 Å². The van der Waals surface area contributed by atoms with E-state index in [1.807, 2.05) is 18.2 Å². The summed E-state index contributed by atoms with van der Waals surface area (Å²) in [6.45, 7) is 0.410. The number of fused-ring (bicyclic) bond motifs is 1. The van der Waals surface area contributed by atoms with Crippen LogP contribution in [-0.2, 0) is 6.54 Å². The summed E-state index contributed by atoms with van der Waals surface area (Å²) in [6, 6.07) is 10.6. The van der Waals surface area contributed by atoms with Crippen molar-refractivity contribution in [2.45, 2.75) is 6.54 Å². The molecule has 0 saturated heterocycles. The summed E-state index contributed by atoms with van der Waals surface area (Å²) < 4.78 is 5.07. The molecule has 9 heteroatoms. The van der Waals surface area contributed by atoms with Crippen molar-refractivity contribution in [3.05, 3.63) is 70.5 Å². The Kier molecular flexibility index (Phi) is 3.94. The van der Waals surface area contributed by atoms with Crippen molar-refractivity contribution in [3.63, 3.8) is 0 Å². The molecule has 130 valence electrons. The van der Waals surface area contributed by atoms with E-state index >= 15 is 0 Å². The van der Waals surface area contributed by atoms with E-state index in [0.717, 1.165) is 5.56 Å². The Morgan fingerprint density at radius 1 is 1.23 bits per heavy atom. The van der Waals surface area contributed by atoms with Crippen LogP contribution in [0.4, 0.5) is 11.6 Å². The number of carbonyl (C=O) groups is 1. The first-order chi connectivity index (χ1) is 12.7. The third-order valence-electron chi connectivity index (χ3n) is 3.71. The Bertz CT molecular complexity index is 1110. The van der Waals surface area contributed by atoms with Gasteiger partial charge in [0.2, 0.25) is 5.95 Å². The SMILES string of the molecule is O=C(Nc1cccc(CNc2nc3[nH]ncc3c(=O)[nH]2)c1)c1ccco1. The maximum absolute atomic E-state index is 12.0. The Hall–Kier alpha value is -3.88. The van der Waals surface area contributed by atoms with Crippen LogP contribution < -0.4 is 16.2 Å². The van der Waals surface area contributed by atoms with Crippen LogP contribution in [-0.4, -0.2) is 26.1 Å². The number of H-pyrrole nitrogens is 2. The summed E-state index contributed by atoms with van der Waals surface area (Å²) in [5, 5.41) is 12.7. The molecule has 1 amide bonds. The lowest BCUT2D eigenvalue weighted by atomic mass is 10.2. The summed E-state index contributed by atoms with van der Waals surface area (Å²) in [7, 11) is 0. The molecule has 3 heterocycles. The van der Waals surface area contributed by atoms with Crippen molar-refractivity contribution < 1.29 is 9.21 Å². The number of aromatic amines is 2. The zero-order valence-electron chi connectivity index (χ0n) is 13.4. The van der Waals surface area contributed by atoms with E-state index in [2.05, 4.69) is 30.8 Å². The number of anilines is 2. The number of hydrogen-bond donors (Lipinski definition) is 4. The van der Waals surface area contributed by atoms with Crippen LogP contribution in [0.3, 0.4) is 0 Å². The second kappa shape index (κ2) is 6.55. The fourth-order valence-electron chi connectivity index (χ4n) is 2.47. The molecule has 4 N–H and O–H groups in total. The molecule has 9 nitrogen and oxygen atoms in total. The average Bonchev–Trinajstić information content (AvgIpc) is 3.32. The number of carbonyl (C=O) groups excluding carboxylic acids is 1. The molecule has 0 aliphatic carbocycles. The minimum atomic E-state index is -0.323. The second-order valence-electron chi connectivity index (χ2n) is 5.53. The molecule has 0 aliphatic rings. The minimum Gasteiger partial charge on any atom is -0.459 e. The van der Waals surface area contributed by atoms with Crippen molar-refractivity contribution in [1.82, 2.24) is 20.2 Å². The van der Waals surface area contributed by atoms with Crippen molar-refractivity contribution >= 4 is 28.6 Å². The number of nitrogens with zero attached hydrogens (tertiary/aromatic N) is 2. The van der Waals surface area contributed by atoms with E-state index in [0.29, 0.717) is 29.2 Å². The summed E-state index contributed by atoms with van der Waals surface area (Å²) in [5.41, 5.74) is 1.67. The molecule has 0 spiro atoms. The number of amides is 1. The van der Waals surface area contributed by atoms with Gasteiger partial charge in [0.05, 0.1) is 12.5 Å². The smallest absolute Gasteiger partial charge is 0.291 e. The van der Waals surface area contributed by atoms with Crippen LogP contribution in [0.2, 0.25) is 0 Å². The van der Waals surface area contributed by atoms with Gasteiger partial charge in [0.1, 0.15) is 5.39 Å². The second-order valence-corrected chi connectivity index (χ2v) is 5.53. The van der Waals surface area contributed by atoms with E-state index in [4.69, 9.17) is 4.42 Å². The maximum Gasteiger partial charge on any atom is 0.291 e. The van der Waals surface area contributed by atoms with E-state index in [1.165, 1.54) is 12.5 Å². The lowest BCUT2D eigenvalue weighted by Crippen LogP contribution is -2.13.